The number of carbonyl (C=O) groups is 1. The maximum atomic E-state index is 13.3. The third kappa shape index (κ3) is 2.91. The maximum absolute atomic E-state index is 13.3. The molecule has 1 aliphatic carbocycles. The molecule has 0 unspecified atom stereocenters. The minimum Gasteiger partial charge on any atom is -0.467 e. The van der Waals surface area contributed by atoms with Crippen LogP contribution in [0.4, 0.5) is 11.4 Å². The van der Waals surface area contributed by atoms with Crippen LogP contribution in [-0.4, -0.2) is 5.78 Å². The third-order valence-corrected chi connectivity index (χ3v) is 5.66. The molecule has 2 N–H and O–H groups in total. The number of Topliss-reactive ketones (excluding diaryl/α,β-unsaturated/α-hetero) is 1. The SMILES string of the molecule is Cc1ccc2c(c1)N[C@@H](c1ccco1)C1=C(C[C@H](c3ccccc3)CC1=O)N2. The molecule has 0 bridgehead atoms. The first-order chi connectivity index (χ1) is 13.7. The molecule has 0 saturated carbocycles. The maximum Gasteiger partial charge on any atom is 0.163 e. The predicted molar refractivity (Wildman–Crippen MR) is 110 cm³/mol. The van der Waals surface area contributed by atoms with Crippen LogP contribution in [0.3, 0.4) is 0 Å². The van der Waals surface area contributed by atoms with Gasteiger partial charge in [-0.1, -0.05) is 36.4 Å². The number of rotatable bonds is 2. The van der Waals surface area contributed by atoms with Crippen molar-refractivity contribution in [3.63, 3.8) is 0 Å². The summed E-state index contributed by atoms with van der Waals surface area (Å²) in [4.78, 5) is 13.3. The lowest BCUT2D eigenvalue weighted by atomic mass is 9.79. The summed E-state index contributed by atoms with van der Waals surface area (Å²) < 4.78 is 5.71. The lowest BCUT2D eigenvalue weighted by molar-refractivity contribution is -0.116. The highest BCUT2D eigenvalue weighted by Gasteiger charge is 2.37. The number of furan rings is 1. The van der Waals surface area contributed by atoms with Crippen LogP contribution < -0.4 is 10.6 Å². The fourth-order valence-electron chi connectivity index (χ4n) is 4.29. The van der Waals surface area contributed by atoms with E-state index in [1.165, 1.54) is 11.1 Å². The highest BCUT2D eigenvalue weighted by molar-refractivity contribution is 6.01. The van der Waals surface area contributed by atoms with E-state index in [4.69, 9.17) is 4.42 Å². The van der Waals surface area contributed by atoms with Gasteiger partial charge >= 0.3 is 0 Å². The van der Waals surface area contributed by atoms with Crippen LogP contribution in [0.25, 0.3) is 0 Å². The molecule has 2 aromatic carbocycles. The zero-order chi connectivity index (χ0) is 19.1. The summed E-state index contributed by atoms with van der Waals surface area (Å²) in [5.74, 6) is 1.11. The van der Waals surface area contributed by atoms with Gasteiger partial charge in [0.05, 0.1) is 17.6 Å². The molecule has 2 atom stereocenters. The standard InChI is InChI=1S/C24H22N2O2/c1-15-9-10-18-19(12-15)26-24(22-8-5-11-28-22)23-20(25-18)13-17(14-21(23)27)16-6-3-2-4-7-16/h2-12,17,24-26H,13-14H2,1H3/t17-,24-/m0/s1. The van der Waals surface area contributed by atoms with Crippen LogP contribution in [0.2, 0.25) is 0 Å². The molecule has 0 saturated heterocycles. The summed E-state index contributed by atoms with van der Waals surface area (Å²) in [7, 11) is 0. The average Bonchev–Trinajstić information content (AvgIpc) is 3.18. The van der Waals surface area contributed by atoms with E-state index >= 15 is 0 Å². The van der Waals surface area contributed by atoms with Gasteiger partial charge in [-0.05, 0) is 54.7 Å². The van der Waals surface area contributed by atoms with Crippen molar-refractivity contribution in [1.82, 2.24) is 0 Å². The highest BCUT2D eigenvalue weighted by Crippen LogP contribution is 2.44. The van der Waals surface area contributed by atoms with E-state index in [1.807, 2.05) is 30.3 Å². The molecule has 4 nitrogen and oxygen atoms in total. The Morgan fingerprint density at radius 1 is 0.964 bits per heavy atom. The monoisotopic (exact) mass is 370 g/mol. The number of hydrogen-bond donors (Lipinski definition) is 2. The summed E-state index contributed by atoms with van der Waals surface area (Å²) in [5.41, 5.74) is 6.13. The number of aryl methyl sites for hydroxylation is 1. The Morgan fingerprint density at radius 3 is 2.61 bits per heavy atom. The first kappa shape index (κ1) is 16.9. The normalized spacial score (nSPS) is 21.2. The summed E-state index contributed by atoms with van der Waals surface area (Å²) in [5, 5.41) is 7.12. The van der Waals surface area contributed by atoms with Gasteiger partial charge in [-0.2, -0.15) is 0 Å². The first-order valence-corrected chi connectivity index (χ1v) is 9.68. The van der Waals surface area contributed by atoms with Crippen LogP contribution in [-0.2, 0) is 4.79 Å². The Kier molecular flexibility index (Phi) is 4.05. The fraction of sp³-hybridized carbons (Fsp3) is 0.208. The van der Waals surface area contributed by atoms with Gasteiger partial charge in [0.25, 0.3) is 0 Å². The van der Waals surface area contributed by atoms with Crippen molar-refractivity contribution in [3.8, 4) is 0 Å². The number of benzene rings is 2. The topological polar surface area (TPSA) is 54.3 Å². The van der Waals surface area contributed by atoms with Crippen molar-refractivity contribution in [2.75, 3.05) is 10.6 Å². The first-order valence-electron chi connectivity index (χ1n) is 9.68. The van der Waals surface area contributed by atoms with Crippen molar-refractivity contribution in [2.45, 2.75) is 31.7 Å². The van der Waals surface area contributed by atoms with Crippen molar-refractivity contribution >= 4 is 17.2 Å². The molecule has 28 heavy (non-hydrogen) atoms. The Bertz CT molecular complexity index is 1050. The minimum absolute atomic E-state index is 0.168. The van der Waals surface area contributed by atoms with Crippen LogP contribution in [0, 0.1) is 6.92 Å². The smallest absolute Gasteiger partial charge is 0.163 e. The molecule has 3 aromatic rings. The van der Waals surface area contributed by atoms with Crippen molar-refractivity contribution in [2.24, 2.45) is 0 Å². The molecule has 0 radical (unpaired) electrons. The minimum atomic E-state index is -0.287. The van der Waals surface area contributed by atoms with Gasteiger partial charge in [0.1, 0.15) is 11.8 Å². The summed E-state index contributed by atoms with van der Waals surface area (Å²) in [6.07, 6.45) is 2.98. The zero-order valence-electron chi connectivity index (χ0n) is 15.7. The second kappa shape index (κ2) is 6.71. The Labute approximate surface area is 164 Å². The predicted octanol–water partition coefficient (Wildman–Crippen LogP) is 5.57. The number of carbonyl (C=O) groups excluding carboxylic acids is 1. The van der Waals surface area contributed by atoms with E-state index < -0.39 is 0 Å². The van der Waals surface area contributed by atoms with Crippen LogP contribution in [0.5, 0.6) is 0 Å². The molecule has 5 rings (SSSR count). The fourth-order valence-corrected chi connectivity index (χ4v) is 4.29. The molecule has 1 aromatic heterocycles. The van der Waals surface area contributed by atoms with E-state index in [0.717, 1.165) is 34.8 Å². The molecular formula is C24H22N2O2. The Hall–Kier alpha value is -3.27. The van der Waals surface area contributed by atoms with Gasteiger partial charge in [0.15, 0.2) is 5.78 Å². The van der Waals surface area contributed by atoms with E-state index in [-0.39, 0.29) is 17.7 Å². The van der Waals surface area contributed by atoms with Crippen LogP contribution >= 0.6 is 0 Å². The highest BCUT2D eigenvalue weighted by atomic mass is 16.3. The largest absolute Gasteiger partial charge is 0.467 e. The van der Waals surface area contributed by atoms with Crippen molar-refractivity contribution in [3.05, 3.63) is 95.1 Å². The molecule has 1 aliphatic heterocycles. The molecule has 140 valence electrons. The van der Waals surface area contributed by atoms with Gasteiger partial charge in [0.2, 0.25) is 0 Å². The Balaban J connectivity index is 1.61. The number of nitrogens with one attached hydrogen (secondary N) is 2. The second-order valence-corrected chi connectivity index (χ2v) is 7.60. The van der Waals surface area contributed by atoms with E-state index in [9.17, 15) is 4.79 Å². The van der Waals surface area contributed by atoms with E-state index in [1.54, 1.807) is 6.26 Å². The van der Waals surface area contributed by atoms with Gasteiger partial charge in [-0.25, -0.2) is 0 Å². The number of ketones is 1. The third-order valence-electron chi connectivity index (χ3n) is 5.66. The van der Waals surface area contributed by atoms with Crippen molar-refractivity contribution < 1.29 is 9.21 Å². The zero-order valence-corrected chi connectivity index (χ0v) is 15.7. The lowest BCUT2D eigenvalue weighted by Gasteiger charge is -2.29. The molecule has 0 amide bonds. The van der Waals surface area contributed by atoms with Gasteiger partial charge < -0.3 is 15.1 Å². The van der Waals surface area contributed by atoms with E-state index in [2.05, 4.69) is 47.9 Å². The van der Waals surface area contributed by atoms with Gasteiger partial charge in [-0.3, -0.25) is 4.79 Å². The average molecular weight is 370 g/mol. The molecule has 2 heterocycles. The Morgan fingerprint density at radius 2 is 1.82 bits per heavy atom. The van der Waals surface area contributed by atoms with Gasteiger partial charge in [0, 0.05) is 17.7 Å². The van der Waals surface area contributed by atoms with E-state index in [0.29, 0.717) is 6.42 Å². The number of hydrogen-bond acceptors (Lipinski definition) is 4. The van der Waals surface area contributed by atoms with Gasteiger partial charge in [-0.15, -0.1) is 0 Å². The quantitative estimate of drug-likeness (QED) is 0.619. The molecule has 4 heteroatoms. The number of fused-ring (bicyclic) bond motifs is 1. The summed E-state index contributed by atoms with van der Waals surface area (Å²) in [6.45, 7) is 2.07. The van der Waals surface area contributed by atoms with Crippen LogP contribution in [0.1, 0.15) is 41.7 Å². The lowest BCUT2D eigenvalue weighted by Crippen LogP contribution is -2.26. The summed E-state index contributed by atoms with van der Waals surface area (Å²) in [6, 6.07) is 20.1. The van der Waals surface area contributed by atoms with Crippen LogP contribution in [0.15, 0.2) is 82.6 Å². The molecule has 0 spiro atoms. The van der Waals surface area contributed by atoms with Crippen molar-refractivity contribution in [1.29, 1.82) is 0 Å². The molecule has 0 fully saturated rings. The number of allylic oxidation sites excluding steroid dienone is 1. The molecular weight excluding hydrogens is 348 g/mol. The summed E-state index contributed by atoms with van der Waals surface area (Å²) >= 11 is 0. The number of anilines is 2. The molecule has 2 aliphatic rings. The second-order valence-electron chi connectivity index (χ2n) is 7.60.